The minimum atomic E-state index is -0.0961. The zero-order valence-corrected chi connectivity index (χ0v) is 16.0. The predicted molar refractivity (Wildman–Crippen MR) is 103 cm³/mol. The Labute approximate surface area is 155 Å². The topological polar surface area (TPSA) is 64.7 Å². The molecule has 2 aliphatic rings. The van der Waals surface area contributed by atoms with Gasteiger partial charge < -0.3 is 10.6 Å². The Kier molecular flexibility index (Phi) is 5.94. The van der Waals surface area contributed by atoms with Gasteiger partial charge in [0.15, 0.2) is 0 Å². The zero-order chi connectivity index (χ0) is 18.7. The molecule has 1 aliphatic heterocycles. The van der Waals surface area contributed by atoms with Crippen LogP contribution in [-0.4, -0.2) is 66.4 Å². The van der Waals surface area contributed by atoms with Gasteiger partial charge in [0.1, 0.15) is 0 Å². The van der Waals surface area contributed by atoms with Crippen LogP contribution in [0.1, 0.15) is 30.9 Å². The van der Waals surface area contributed by atoms with Gasteiger partial charge in [0.2, 0.25) is 11.8 Å². The summed E-state index contributed by atoms with van der Waals surface area (Å²) in [5.74, 6) is 0.157. The predicted octanol–water partition coefficient (Wildman–Crippen LogP) is 1.53. The molecule has 0 bridgehead atoms. The number of para-hydroxylation sites is 1. The standard InChI is InChI=1S/C20H30N4O2/c1-14-5-4-6-15(2)19(14)22-18(25)13-23-9-11-24(12-10-23)16(3)20(26)21-17-7-8-17/h4-6,16-17H,7-13H2,1-3H3,(H,21,26)(H,22,25)/t16-/m1/s1. The van der Waals surface area contributed by atoms with Crippen molar-refractivity contribution in [2.75, 3.05) is 38.0 Å². The van der Waals surface area contributed by atoms with Crippen LogP contribution < -0.4 is 10.6 Å². The third-order valence-corrected chi connectivity index (χ3v) is 5.37. The van der Waals surface area contributed by atoms with Gasteiger partial charge in [-0.05, 0) is 44.7 Å². The fourth-order valence-electron chi connectivity index (χ4n) is 3.42. The average Bonchev–Trinajstić information content (AvgIpc) is 3.42. The molecule has 1 saturated heterocycles. The van der Waals surface area contributed by atoms with E-state index in [2.05, 4.69) is 20.4 Å². The molecule has 1 aromatic carbocycles. The molecule has 0 aromatic heterocycles. The van der Waals surface area contributed by atoms with Crippen molar-refractivity contribution in [3.05, 3.63) is 29.3 Å². The van der Waals surface area contributed by atoms with Gasteiger partial charge in [-0.2, -0.15) is 0 Å². The lowest BCUT2D eigenvalue weighted by Crippen LogP contribution is -2.55. The van der Waals surface area contributed by atoms with Crippen molar-refractivity contribution in [3.63, 3.8) is 0 Å². The molecule has 0 spiro atoms. The maximum atomic E-state index is 12.4. The molecule has 26 heavy (non-hydrogen) atoms. The Morgan fingerprint density at radius 1 is 1.12 bits per heavy atom. The lowest BCUT2D eigenvalue weighted by atomic mass is 10.1. The summed E-state index contributed by atoms with van der Waals surface area (Å²) in [7, 11) is 0. The largest absolute Gasteiger partial charge is 0.352 e. The maximum absolute atomic E-state index is 12.4. The number of rotatable bonds is 6. The Balaban J connectivity index is 1.44. The highest BCUT2D eigenvalue weighted by Crippen LogP contribution is 2.20. The molecule has 6 nitrogen and oxygen atoms in total. The number of piperazine rings is 1. The van der Waals surface area contributed by atoms with E-state index in [0.29, 0.717) is 12.6 Å². The molecule has 1 heterocycles. The number of hydrogen-bond acceptors (Lipinski definition) is 4. The van der Waals surface area contributed by atoms with Gasteiger partial charge in [0, 0.05) is 37.9 Å². The molecule has 6 heteroatoms. The number of anilines is 1. The van der Waals surface area contributed by atoms with Crippen LogP contribution in [0, 0.1) is 13.8 Å². The van der Waals surface area contributed by atoms with Gasteiger partial charge >= 0.3 is 0 Å². The second kappa shape index (κ2) is 8.18. The molecule has 142 valence electrons. The molecule has 2 N–H and O–H groups in total. The SMILES string of the molecule is Cc1cccc(C)c1NC(=O)CN1CCN([C@H](C)C(=O)NC2CC2)CC1. The maximum Gasteiger partial charge on any atom is 0.238 e. The highest BCUT2D eigenvalue weighted by molar-refractivity contribution is 5.93. The van der Waals surface area contributed by atoms with E-state index >= 15 is 0 Å². The van der Waals surface area contributed by atoms with E-state index < -0.39 is 0 Å². The van der Waals surface area contributed by atoms with Gasteiger partial charge in [-0.1, -0.05) is 18.2 Å². The summed E-state index contributed by atoms with van der Waals surface area (Å²) in [5.41, 5.74) is 3.08. The fraction of sp³-hybridized carbons (Fsp3) is 0.600. The van der Waals surface area contributed by atoms with Gasteiger partial charge in [-0.3, -0.25) is 19.4 Å². The van der Waals surface area contributed by atoms with E-state index in [1.54, 1.807) is 0 Å². The number of benzene rings is 1. The number of carbonyl (C=O) groups excluding carboxylic acids is 2. The van der Waals surface area contributed by atoms with Crippen LogP contribution in [0.25, 0.3) is 0 Å². The van der Waals surface area contributed by atoms with Crippen LogP contribution in [0.15, 0.2) is 18.2 Å². The van der Waals surface area contributed by atoms with Gasteiger partial charge in [0.25, 0.3) is 0 Å². The molecule has 2 fully saturated rings. The van der Waals surface area contributed by atoms with Crippen LogP contribution >= 0.6 is 0 Å². The van der Waals surface area contributed by atoms with Crippen LogP contribution in [0.3, 0.4) is 0 Å². The van der Waals surface area contributed by atoms with Crippen molar-refractivity contribution in [1.29, 1.82) is 0 Å². The van der Waals surface area contributed by atoms with Crippen LogP contribution in [0.4, 0.5) is 5.69 Å². The first-order valence-electron chi connectivity index (χ1n) is 9.57. The lowest BCUT2D eigenvalue weighted by molar-refractivity contribution is -0.127. The Bertz CT molecular complexity index is 644. The number of carbonyl (C=O) groups is 2. The summed E-state index contributed by atoms with van der Waals surface area (Å²) in [6.45, 7) is 9.63. The average molecular weight is 358 g/mol. The highest BCUT2D eigenvalue weighted by Gasteiger charge is 2.30. The van der Waals surface area contributed by atoms with E-state index in [1.807, 2.05) is 39.0 Å². The smallest absolute Gasteiger partial charge is 0.238 e. The molecule has 1 aliphatic carbocycles. The van der Waals surface area contributed by atoms with Crippen molar-refractivity contribution in [1.82, 2.24) is 15.1 Å². The summed E-state index contributed by atoms with van der Waals surface area (Å²) >= 11 is 0. The molecule has 0 unspecified atom stereocenters. The van der Waals surface area contributed by atoms with Crippen molar-refractivity contribution in [2.24, 2.45) is 0 Å². The number of nitrogens with one attached hydrogen (secondary N) is 2. The number of nitrogens with zero attached hydrogens (tertiary/aromatic N) is 2. The minimum Gasteiger partial charge on any atom is -0.352 e. The third-order valence-electron chi connectivity index (χ3n) is 5.37. The molecule has 1 aromatic rings. The van der Waals surface area contributed by atoms with Crippen LogP contribution in [-0.2, 0) is 9.59 Å². The van der Waals surface area contributed by atoms with Crippen molar-refractivity contribution in [3.8, 4) is 0 Å². The summed E-state index contributed by atoms with van der Waals surface area (Å²) < 4.78 is 0. The second-order valence-corrected chi connectivity index (χ2v) is 7.59. The summed E-state index contributed by atoms with van der Waals surface area (Å²) in [5, 5.41) is 6.12. The monoisotopic (exact) mass is 358 g/mol. The van der Waals surface area contributed by atoms with E-state index in [4.69, 9.17) is 0 Å². The molecule has 3 rings (SSSR count). The zero-order valence-electron chi connectivity index (χ0n) is 16.0. The normalized spacial score (nSPS) is 19.8. The molecular weight excluding hydrogens is 328 g/mol. The van der Waals surface area contributed by atoms with Gasteiger partial charge in [0.05, 0.1) is 12.6 Å². The Hall–Kier alpha value is -1.92. The van der Waals surface area contributed by atoms with Gasteiger partial charge in [-0.25, -0.2) is 0 Å². The number of aryl methyl sites for hydroxylation is 2. The highest BCUT2D eigenvalue weighted by atomic mass is 16.2. The molecular formula is C20H30N4O2. The van der Waals surface area contributed by atoms with Crippen molar-refractivity contribution >= 4 is 17.5 Å². The molecule has 2 amide bonds. The van der Waals surface area contributed by atoms with Crippen LogP contribution in [0.5, 0.6) is 0 Å². The summed E-state index contributed by atoms with van der Waals surface area (Å²) in [6, 6.07) is 6.33. The second-order valence-electron chi connectivity index (χ2n) is 7.59. The van der Waals surface area contributed by atoms with Crippen molar-refractivity contribution in [2.45, 2.75) is 45.7 Å². The Morgan fingerprint density at radius 3 is 2.31 bits per heavy atom. The van der Waals surface area contributed by atoms with E-state index in [-0.39, 0.29) is 17.9 Å². The summed E-state index contributed by atoms with van der Waals surface area (Å²) in [6.07, 6.45) is 2.23. The first kappa shape index (κ1) is 18.9. The minimum absolute atomic E-state index is 0.0235. The molecule has 1 saturated carbocycles. The lowest BCUT2D eigenvalue weighted by Gasteiger charge is -2.37. The first-order valence-corrected chi connectivity index (χ1v) is 9.57. The number of hydrogen-bond donors (Lipinski definition) is 2. The third kappa shape index (κ3) is 4.83. The van der Waals surface area contributed by atoms with Crippen LogP contribution in [0.2, 0.25) is 0 Å². The Morgan fingerprint density at radius 2 is 1.73 bits per heavy atom. The molecule has 0 radical (unpaired) electrons. The van der Waals surface area contributed by atoms with Gasteiger partial charge in [-0.15, -0.1) is 0 Å². The molecule has 1 atom stereocenters. The fourth-order valence-corrected chi connectivity index (χ4v) is 3.42. The summed E-state index contributed by atoms with van der Waals surface area (Å²) in [4.78, 5) is 29.0. The number of amides is 2. The first-order chi connectivity index (χ1) is 12.4. The van der Waals surface area contributed by atoms with E-state index in [0.717, 1.165) is 55.8 Å². The van der Waals surface area contributed by atoms with E-state index in [9.17, 15) is 9.59 Å². The van der Waals surface area contributed by atoms with Crippen molar-refractivity contribution < 1.29 is 9.59 Å². The quantitative estimate of drug-likeness (QED) is 0.809. The van der Waals surface area contributed by atoms with E-state index in [1.165, 1.54) is 0 Å².